The second kappa shape index (κ2) is 10.3. The molecule has 3 heterocycles. The Balaban J connectivity index is 1.09. The van der Waals surface area contributed by atoms with Gasteiger partial charge in [-0.25, -0.2) is 4.98 Å². The molecule has 182 valence electrons. The van der Waals surface area contributed by atoms with E-state index in [4.69, 9.17) is 4.98 Å². The third-order valence-electron chi connectivity index (χ3n) is 7.61. The van der Waals surface area contributed by atoms with Crippen LogP contribution in [0.15, 0.2) is 36.7 Å². The first-order chi connectivity index (χ1) is 16.6. The molecule has 3 fully saturated rings. The summed E-state index contributed by atoms with van der Waals surface area (Å²) >= 11 is 0. The van der Waals surface area contributed by atoms with E-state index in [1.807, 2.05) is 26.5 Å². The SMILES string of the molecule is CN(C)c1cccc(-c2cnc(N3CCN(CC(=O)N4CCN(C5CCC5)CC4)CC3)cn2)c1. The minimum Gasteiger partial charge on any atom is -0.378 e. The van der Waals surface area contributed by atoms with Gasteiger partial charge in [0.2, 0.25) is 5.91 Å². The molecule has 1 aliphatic carbocycles. The van der Waals surface area contributed by atoms with Crippen molar-refractivity contribution >= 4 is 17.4 Å². The van der Waals surface area contributed by atoms with Crippen molar-refractivity contribution in [3.05, 3.63) is 36.7 Å². The molecule has 0 bridgehead atoms. The first-order valence-corrected chi connectivity index (χ1v) is 12.7. The van der Waals surface area contributed by atoms with Crippen molar-refractivity contribution in [1.82, 2.24) is 24.7 Å². The highest BCUT2D eigenvalue weighted by Crippen LogP contribution is 2.26. The predicted octanol–water partition coefficient (Wildman–Crippen LogP) is 2.03. The highest BCUT2D eigenvalue weighted by atomic mass is 16.2. The van der Waals surface area contributed by atoms with Gasteiger partial charge in [0, 0.05) is 83.7 Å². The zero-order valence-electron chi connectivity index (χ0n) is 20.6. The highest BCUT2D eigenvalue weighted by Gasteiger charge is 2.30. The van der Waals surface area contributed by atoms with Crippen LogP contribution in [0.2, 0.25) is 0 Å². The van der Waals surface area contributed by atoms with Gasteiger partial charge in [-0.3, -0.25) is 19.6 Å². The summed E-state index contributed by atoms with van der Waals surface area (Å²) in [5.74, 6) is 1.19. The number of nitrogens with zero attached hydrogens (tertiary/aromatic N) is 7. The molecule has 3 aliphatic rings. The number of hydrogen-bond acceptors (Lipinski definition) is 7. The van der Waals surface area contributed by atoms with Gasteiger partial charge in [0.15, 0.2) is 0 Å². The zero-order valence-corrected chi connectivity index (χ0v) is 20.6. The summed E-state index contributed by atoms with van der Waals surface area (Å²) in [5.41, 5.74) is 3.10. The quantitative estimate of drug-likeness (QED) is 0.650. The lowest BCUT2D eigenvalue weighted by Crippen LogP contribution is -2.56. The molecular formula is C26H37N7O. The van der Waals surface area contributed by atoms with E-state index in [2.05, 4.69) is 53.7 Å². The van der Waals surface area contributed by atoms with Crippen molar-refractivity contribution in [2.45, 2.75) is 25.3 Å². The molecule has 2 aliphatic heterocycles. The minimum atomic E-state index is 0.283. The molecule has 0 N–H and O–H groups in total. The number of rotatable bonds is 6. The van der Waals surface area contributed by atoms with Crippen LogP contribution in [0.1, 0.15) is 19.3 Å². The van der Waals surface area contributed by atoms with Crippen LogP contribution in [-0.2, 0) is 4.79 Å². The molecule has 1 amide bonds. The Morgan fingerprint density at radius 2 is 1.74 bits per heavy atom. The molecule has 1 saturated carbocycles. The van der Waals surface area contributed by atoms with Crippen LogP contribution in [-0.4, -0.2) is 110 Å². The van der Waals surface area contributed by atoms with Gasteiger partial charge >= 0.3 is 0 Å². The Morgan fingerprint density at radius 1 is 0.971 bits per heavy atom. The van der Waals surface area contributed by atoms with Gasteiger partial charge in [-0.05, 0) is 25.0 Å². The Hall–Kier alpha value is -2.71. The molecule has 2 saturated heterocycles. The maximum atomic E-state index is 12.8. The van der Waals surface area contributed by atoms with Gasteiger partial charge in [0.05, 0.1) is 24.6 Å². The van der Waals surface area contributed by atoms with Crippen LogP contribution in [0.4, 0.5) is 11.5 Å². The highest BCUT2D eigenvalue weighted by molar-refractivity contribution is 5.78. The van der Waals surface area contributed by atoms with Crippen LogP contribution in [0, 0.1) is 0 Å². The molecule has 0 atom stereocenters. The van der Waals surface area contributed by atoms with Gasteiger partial charge in [-0.1, -0.05) is 18.6 Å². The summed E-state index contributed by atoms with van der Waals surface area (Å²) in [4.78, 5) is 33.5. The number of carbonyl (C=O) groups is 1. The monoisotopic (exact) mass is 463 g/mol. The summed E-state index contributed by atoms with van der Waals surface area (Å²) < 4.78 is 0. The first kappa shape index (κ1) is 23.1. The second-order valence-corrected chi connectivity index (χ2v) is 9.97. The number of anilines is 2. The maximum Gasteiger partial charge on any atom is 0.236 e. The van der Waals surface area contributed by atoms with E-state index in [0.717, 1.165) is 81.2 Å². The van der Waals surface area contributed by atoms with Crippen LogP contribution >= 0.6 is 0 Å². The fourth-order valence-electron chi connectivity index (χ4n) is 5.09. The Kier molecular flexibility index (Phi) is 6.97. The number of amides is 1. The lowest BCUT2D eigenvalue weighted by Gasteiger charge is -2.43. The summed E-state index contributed by atoms with van der Waals surface area (Å²) in [5, 5.41) is 0. The number of benzene rings is 1. The number of hydrogen-bond donors (Lipinski definition) is 0. The molecule has 0 radical (unpaired) electrons. The molecule has 8 heteroatoms. The van der Waals surface area contributed by atoms with Crippen molar-refractivity contribution in [2.24, 2.45) is 0 Å². The third-order valence-corrected chi connectivity index (χ3v) is 7.61. The summed E-state index contributed by atoms with van der Waals surface area (Å²) in [6, 6.07) is 9.12. The van der Waals surface area contributed by atoms with E-state index in [1.54, 1.807) is 0 Å². The fraction of sp³-hybridized carbons (Fsp3) is 0.577. The van der Waals surface area contributed by atoms with Crippen LogP contribution in [0.25, 0.3) is 11.3 Å². The molecule has 2 aromatic rings. The number of aromatic nitrogens is 2. The molecule has 1 aromatic carbocycles. The van der Waals surface area contributed by atoms with Crippen molar-refractivity contribution < 1.29 is 4.79 Å². The van der Waals surface area contributed by atoms with Gasteiger partial charge in [0.25, 0.3) is 0 Å². The van der Waals surface area contributed by atoms with E-state index in [0.29, 0.717) is 6.54 Å². The first-order valence-electron chi connectivity index (χ1n) is 12.7. The maximum absolute atomic E-state index is 12.8. The van der Waals surface area contributed by atoms with Gasteiger partial charge in [-0.2, -0.15) is 0 Å². The predicted molar refractivity (Wildman–Crippen MR) is 136 cm³/mol. The summed E-state index contributed by atoms with van der Waals surface area (Å²) in [6.07, 6.45) is 7.80. The fourth-order valence-corrected chi connectivity index (χ4v) is 5.09. The average molecular weight is 464 g/mol. The van der Waals surface area contributed by atoms with Crippen molar-refractivity contribution in [3.8, 4) is 11.3 Å². The molecular weight excluding hydrogens is 426 g/mol. The van der Waals surface area contributed by atoms with E-state index < -0.39 is 0 Å². The third kappa shape index (κ3) is 5.18. The lowest BCUT2D eigenvalue weighted by molar-refractivity contribution is -0.134. The summed E-state index contributed by atoms with van der Waals surface area (Å²) in [7, 11) is 4.08. The van der Waals surface area contributed by atoms with E-state index in [9.17, 15) is 4.79 Å². The van der Waals surface area contributed by atoms with Gasteiger partial charge in [0.1, 0.15) is 5.82 Å². The number of carbonyl (C=O) groups excluding carboxylic acids is 1. The topological polar surface area (TPSA) is 59.1 Å². The molecule has 5 rings (SSSR count). The Labute approximate surface area is 203 Å². The van der Waals surface area contributed by atoms with Gasteiger partial charge < -0.3 is 14.7 Å². The molecule has 1 aromatic heterocycles. The normalized spacial score (nSPS) is 20.3. The molecule has 0 unspecified atom stereocenters. The van der Waals surface area contributed by atoms with Crippen molar-refractivity contribution in [2.75, 3.05) is 82.8 Å². The molecule has 0 spiro atoms. The minimum absolute atomic E-state index is 0.283. The Morgan fingerprint density at radius 3 is 2.35 bits per heavy atom. The average Bonchev–Trinajstić information content (AvgIpc) is 2.84. The number of piperazine rings is 2. The van der Waals surface area contributed by atoms with Crippen molar-refractivity contribution in [3.63, 3.8) is 0 Å². The van der Waals surface area contributed by atoms with Crippen LogP contribution in [0.3, 0.4) is 0 Å². The van der Waals surface area contributed by atoms with E-state index in [-0.39, 0.29) is 5.91 Å². The van der Waals surface area contributed by atoms with E-state index >= 15 is 0 Å². The molecule has 8 nitrogen and oxygen atoms in total. The smallest absolute Gasteiger partial charge is 0.236 e. The Bertz CT molecular complexity index is 959. The standard InChI is InChI=1S/C26H37N7O/c1-29(2)23-8-3-5-21(17-23)24-18-28-25(19-27-24)32-11-9-30(10-12-32)20-26(34)33-15-13-31(14-16-33)22-6-4-7-22/h3,5,8,17-19,22H,4,6-7,9-16,20H2,1-2H3. The van der Waals surface area contributed by atoms with E-state index in [1.165, 1.54) is 19.3 Å². The molecule has 34 heavy (non-hydrogen) atoms. The second-order valence-electron chi connectivity index (χ2n) is 9.97. The van der Waals surface area contributed by atoms with Crippen LogP contribution < -0.4 is 9.80 Å². The van der Waals surface area contributed by atoms with Gasteiger partial charge in [-0.15, -0.1) is 0 Å². The zero-order chi connectivity index (χ0) is 23.5. The van der Waals surface area contributed by atoms with Crippen molar-refractivity contribution in [1.29, 1.82) is 0 Å². The van der Waals surface area contributed by atoms with Crippen LogP contribution in [0.5, 0.6) is 0 Å². The largest absolute Gasteiger partial charge is 0.378 e. The summed E-state index contributed by atoms with van der Waals surface area (Å²) in [6.45, 7) is 7.87. The lowest BCUT2D eigenvalue weighted by atomic mass is 9.91.